The Labute approximate surface area is 105 Å². The molecule has 92 valence electrons. The van der Waals surface area contributed by atoms with Crippen molar-refractivity contribution in [2.24, 2.45) is 0 Å². The van der Waals surface area contributed by atoms with Crippen LogP contribution in [0, 0.1) is 0 Å². The molecule has 0 aliphatic carbocycles. The van der Waals surface area contributed by atoms with E-state index in [1.807, 2.05) is 0 Å². The summed E-state index contributed by atoms with van der Waals surface area (Å²) < 4.78 is 4.85. The SMILES string of the molecule is COC(=O)c1sc(N2CCCC2)c2c1NCC2. The topological polar surface area (TPSA) is 41.6 Å². The van der Waals surface area contributed by atoms with Gasteiger partial charge in [0, 0.05) is 25.2 Å². The molecule has 2 aliphatic rings. The highest BCUT2D eigenvalue weighted by Gasteiger charge is 2.29. The quantitative estimate of drug-likeness (QED) is 0.818. The lowest BCUT2D eigenvalue weighted by Gasteiger charge is -2.16. The third kappa shape index (κ3) is 1.69. The Hall–Kier alpha value is -1.23. The fraction of sp³-hybridized carbons (Fsp3) is 0.583. The van der Waals surface area contributed by atoms with E-state index in [1.54, 1.807) is 11.3 Å². The van der Waals surface area contributed by atoms with E-state index in [4.69, 9.17) is 4.74 Å². The fourth-order valence-corrected chi connectivity index (χ4v) is 3.89. The number of esters is 1. The Morgan fingerprint density at radius 3 is 2.88 bits per heavy atom. The Kier molecular flexibility index (Phi) is 2.70. The van der Waals surface area contributed by atoms with Gasteiger partial charge in [0.1, 0.15) is 4.88 Å². The number of anilines is 2. The molecule has 0 aromatic carbocycles. The van der Waals surface area contributed by atoms with Crippen LogP contribution in [-0.4, -0.2) is 32.7 Å². The summed E-state index contributed by atoms with van der Waals surface area (Å²) in [6.45, 7) is 3.17. The molecule has 5 heteroatoms. The Bertz CT molecular complexity index is 450. The van der Waals surface area contributed by atoms with Crippen molar-refractivity contribution in [3.63, 3.8) is 0 Å². The molecule has 1 N–H and O–H groups in total. The third-order valence-corrected chi connectivity index (χ3v) is 4.70. The van der Waals surface area contributed by atoms with Crippen LogP contribution >= 0.6 is 11.3 Å². The molecule has 0 amide bonds. The lowest BCUT2D eigenvalue weighted by Crippen LogP contribution is -2.17. The van der Waals surface area contributed by atoms with E-state index in [0.717, 1.165) is 36.6 Å². The fourth-order valence-electron chi connectivity index (χ4n) is 2.60. The van der Waals surface area contributed by atoms with Gasteiger partial charge in [-0.05, 0) is 19.3 Å². The van der Waals surface area contributed by atoms with E-state index < -0.39 is 0 Å². The van der Waals surface area contributed by atoms with Gasteiger partial charge in [-0.1, -0.05) is 0 Å². The monoisotopic (exact) mass is 252 g/mol. The van der Waals surface area contributed by atoms with Crippen LogP contribution in [0.15, 0.2) is 0 Å². The van der Waals surface area contributed by atoms with Crippen molar-refractivity contribution in [3.05, 3.63) is 10.4 Å². The molecule has 0 spiro atoms. The number of hydrogen-bond acceptors (Lipinski definition) is 5. The Morgan fingerprint density at radius 2 is 2.18 bits per heavy atom. The molecule has 0 atom stereocenters. The first-order valence-electron chi connectivity index (χ1n) is 6.04. The number of nitrogens with one attached hydrogen (secondary N) is 1. The van der Waals surface area contributed by atoms with E-state index in [2.05, 4.69) is 10.2 Å². The zero-order chi connectivity index (χ0) is 11.8. The van der Waals surface area contributed by atoms with Gasteiger partial charge in [0.05, 0.1) is 17.8 Å². The van der Waals surface area contributed by atoms with E-state index in [1.165, 1.54) is 30.5 Å². The summed E-state index contributed by atoms with van der Waals surface area (Å²) in [6.07, 6.45) is 3.54. The molecule has 1 aromatic rings. The van der Waals surface area contributed by atoms with Crippen molar-refractivity contribution >= 4 is 28.0 Å². The molecule has 3 heterocycles. The number of fused-ring (bicyclic) bond motifs is 1. The van der Waals surface area contributed by atoms with Crippen molar-refractivity contribution < 1.29 is 9.53 Å². The lowest BCUT2D eigenvalue weighted by atomic mass is 10.2. The van der Waals surface area contributed by atoms with Crippen LogP contribution < -0.4 is 10.2 Å². The van der Waals surface area contributed by atoms with Gasteiger partial charge in [-0.2, -0.15) is 0 Å². The average molecular weight is 252 g/mol. The Balaban J connectivity index is 2.01. The molecular formula is C12H16N2O2S. The molecule has 1 fully saturated rings. The summed E-state index contributed by atoms with van der Waals surface area (Å²) >= 11 is 1.58. The molecule has 0 radical (unpaired) electrons. The Morgan fingerprint density at radius 1 is 1.41 bits per heavy atom. The minimum atomic E-state index is -0.217. The summed E-state index contributed by atoms with van der Waals surface area (Å²) in [5.74, 6) is -0.217. The van der Waals surface area contributed by atoms with E-state index in [0.29, 0.717) is 0 Å². The maximum atomic E-state index is 11.7. The second kappa shape index (κ2) is 4.22. The highest BCUT2D eigenvalue weighted by Crippen LogP contribution is 2.44. The number of rotatable bonds is 2. The second-order valence-corrected chi connectivity index (χ2v) is 5.45. The third-order valence-electron chi connectivity index (χ3n) is 3.43. The minimum absolute atomic E-state index is 0.217. The zero-order valence-electron chi connectivity index (χ0n) is 9.91. The van der Waals surface area contributed by atoms with Crippen LogP contribution in [0.2, 0.25) is 0 Å². The van der Waals surface area contributed by atoms with E-state index in [9.17, 15) is 4.79 Å². The lowest BCUT2D eigenvalue weighted by molar-refractivity contribution is 0.0607. The van der Waals surface area contributed by atoms with E-state index >= 15 is 0 Å². The van der Waals surface area contributed by atoms with Crippen LogP contribution in [0.4, 0.5) is 10.7 Å². The van der Waals surface area contributed by atoms with Crippen LogP contribution in [0.3, 0.4) is 0 Å². The van der Waals surface area contributed by atoms with Crippen molar-refractivity contribution in [3.8, 4) is 0 Å². The summed E-state index contributed by atoms with van der Waals surface area (Å²) in [7, 11) is 1.44. The predicted molar refractivity (Wildman–Crippen MR) is 69.3 cm³/mol. The number of methoxy groups -OCH3 is 1. The predicted octanol–water partition coefficient (Wildman–Crippen LogP) is 2.10. The highest BCUT2D eigenvalue weighted by atomic mass is 32.1. The summed E-state index contributed by atoms with van der Waals surface area (Å²) in [5, 5.41) is 4.59. The van der Waals surface area contributed by atoms with Gasteiger partial charge in [-0.15, -0.1) is 11.3 Å². The normalized spacial score (nSPS) is 18.1. The average Bonchev–Trinajstić information content (AvgIpc) is 3.03. The summed E-state index contributed by atoms with van der Waals surface area (Å²) in [6, 6.07) is 0. The molecule has 17 heavy (non-hydrogen) atoms. The van der Waals surface area contributed by atoms with Crippen molar-refractivity contribution in [2.75, 3.05) is 37.0 Å². The van der Waals surface area contributed by atoms with Crippen molar-refractivity contribution in [1.82, 2.24) is 0 Å². The van der Waals surface area contributed by atoms with Crippen LogP contribution in [0.25, 0.3) is 0 Å². The number of carbonyl (C=O) groups is 1. The van der Waals surface area contributed by atoms with Gasteiger partial charge in [0.2, 0.25) is 0 Å². The number of ether oxygens (including phenoxy) is 1. The molecule has 0 saturated carbocycles. The molecule has 2 aliphatic heterocycles. The van der Waals surface area contributed by atoms with Crippen molar-refractivity contribution in [1.29, 1.82) is 0 Å². The van der Waals surface area contributed by atoms with Gasteiger partial charge in [0.25, 0.3) is 0 Å². The maximum Gasteiger partial charge on any atom is 0.350 e. The molecule has 4 nitrogen and oxygen atoms in total. The first-order chi connectivity index (χ1) is 8.31. The molecule has 3 rings (SSSR count). The smallest absolute Gasteiger partial charge is 0.350 e. The maximum absolute atomic E-state index is 11.7. The summed E-state index contributed by atoms with van der Waals surface area (Å²) in [5.41, 5.74) is 2.33. The van der Waals surface area contributed by atoms with Crippen LogP contribution in [0.1, 0.15) is 28.1 Å². The number of nitrogens with zero attached hydrogens (tertiary/aromatic N) is 1. The van der Waals surface area contributed by atoms with Crippen LogP contribution in [-0.2, 0) is 11.2 Å². The van der Waals surface area contributed by atoms with Gasteiger partial charge in [-0.25, -0.2) is 4.79 Å². The zero-order valence-corrected chi connectivity index (χ0v) is 10.7. The van der Waals surface area contributed by atoms with Gasteiger partial charge < -0.3 is 15.0 Å². The molecule has 0 bridgehead atoms. The molecule has 1 aromatic heterocycles. The number of hydrogen-bond donors (Lipinski definition) is 1. The van der Waals surface area contributed by atoms with Gasteiger partial charge in [-0.3, -0.25) is 0 Å². The standard InChI is InChI=1S/C12H16N2O2S/c1-16-12(15)10-9-8(4-5-13-9)11(17-10)14-6-2-3-7-14/h13H,2-7H2,1H3. The number of carbonyl (C=O) groups excluding carboxylic acids is 1. The second-order valence-electron chi connectivity index (χ2n) is 4.45. The van der Waals surface area contributed by atoms with Gasteiger partial charge >= 0.3 is 5.97 Å². The number of thiophene rings is 1. The summed E-state index contributed by atoms with van der Waals surface area (Å²) in [4.78, 5) is 14.9. The van der Waals surface area contributed by atoms with Crippen molar-refractivity contribution in [2.45, 2.75) is 19.3 Å². The largest absolute Gasteiger partial charge is 0.465 e. The van der Waals surface area contributed by atoms with Gasteiger partial charge in [0.15, 0.2) is 0 Å². The molecular weight excluding hydrogens is 236 g/mol. The highest BCUT2D eigenvalue weighted by molar-refractivity contribution is 7.18. The molecule has 0 unspecified atom stereocenters. The first kappa shape index (κ1) is 10.9. The van der Waals surface area contributed by atoms with Crippen LogP contribution in [0.5, 0.6) is 0 Å². The minimum Gasteiger partial charge on any atom is -0.465 e. The molecule has 1 saturated heterocycles. The van der Waals surface area contributed by atoms with E-state index in [-0.39, 0.29) is 5.97 Å². The first-order valence-corrected chi connectivity index (χ1v) is 6.85.